The number of aryl methyl sites for hydroxylation is 2. The van der Waals surface area contributed by atoms with E-state index in [2.05, 4.69) is 5.10 Å². The Balaban J connectivity index is 2.01. The van der Waals surface area contributed by atoms with Gasteiger partial charge in [0.1, 0.15) is 11.1 Å². The van der Waals surface area contributed by atoms with Crippen LogP contribution in [-0.4, -0.2) is 35.9 Å². The van der Waals surface area contributed by atoms with E-state index in [0.717, 1.165) is 16.9 Å². The van der Waals surface area contributed by atoms with E-state index in [0.29, 0.717) is 5.82 Å². The lowest BCUT2D eigenvalue weighted by atomic mass is 10.2. The number of carbonyl (C=O) groups is 1. The fourth-order valence-electron chi connectivity index (χ4n) is 2.64. The Kier molecular flexibility index (Phi) is 3.93. The molecule has 8 heteroatoms. The van der Waals surface area contributed by atoms with E-state index < -0.39 is 14.3 Å². The van der Waals surface area contributed by atoms with Crippen molar-refractivity contribution in [1.29, 1.82) is 0 Å². The van der Waals surface area contributed by atoms with Gasteiger partial charge in [-0.2, -0.15) is 5.10 Å². The van der Waals surface area contributed by atoms with Crippen molar-refractivity contribution in [3.05, 3.63) is 41.6 Å². The average molecular weight is 354 g/mol. The summed E-state index contributed by atoms with van der Waals surface area (Å²) >= 11 is 0. The van der Waals surface area contributed by atoms with Crippen molar-refractivity contribution in [3.63, 3.8) is 0 Å². The molecule has 23 heavy (non-hydrogen) atoms. The van der Waals surface area contributed by atoms with Crippen molar-refractivity contribution in [2.75, 3.05) is 11.4 Å². The molecule has 0 radical (unpaired) electrons. The monoisotopic (exact) mass is 353 g/mol. The van der Waals surface area contributed by atoms with Crippen LogP contribution in [0.2, 0.25) is 0 Å². The van der Waals surface area contributed by atoms with Crippen LogP contribution in [0.3, 0.4) is 0 Å². The van der Waals surface area contributed by atoms with Crippen LogP contribution in [0.5, 0.6) is 0 Å². The predicted molar refractivity (Wildman–Crippen MR) is 88.6 cm³/mol. The van der Waals surface area contributed by atoms with Gasteiger partial charge in [-0.3, -0.25) is 9.69 Å². The number of hydrogen-bond donors (Lipinski definition) is 0. The molecule has 0 aliphatic carbocycles. The molecule has 0 spiro atoms. The van der Waals surface area contributed by atoms with Crippen LogP contribution in [0.15, 0.2) is 30.3 Å². The van der Waals surface area contributed by atoms with Crippen molar-refractivity contribution in [2.45, 2.75) is 25.5 Å². The molecule has 1 saturated heterocycles. The first kappa shape index (κ1) is 16.0. The SMILES string of the molecule is Cc1ccc(-n2nc(C)cc2N2CC(S(=O)(=O)Cl)CC2=O)cc1. The predicted octanol–water partition coefficient (Wildman–Crippen LogP) is 2.16. The number of benzene rings is 1. The molecule has 122 valence electrons. The molecular weight excluding hydrogens is 338 g/mol. The van der Waals surface area contributed by atoms with Crippen molar-refractivity contribution in [1.82, 2.24) is 9.78 Å². The third-order valence-electron chi connectivity index (χ3n) is 3.86. The molecule has 1 aromatic heterocycles. The summed E-state index contributed by atoms with van der Waals surface area (Å²) in [6.07, 6.45) is -0.107. The molecule has 1 atom stereocenters. The Hall–Kier alpha value is -1.86. The van der Waals surface area contributed by atoms with Crippen molar-refractivity contribution >= 4 is 31.5 Å². The summed E-state index contributed by atoms with van der Waals surface area (Å²) in [6, 6.07) is 9.48. The van der Waals surface area contributed by atoms with Gasteiger partial charge in [-0.25, -0.2) is 13.1 Å². The minimum Gasteiger partial charge on any atom is -0.295 e. The van der Waals surface area contributed by atoms with Crippen molar-refractivity contribution in [2.24, 2.45) is 0 Å². The van der Waals surface area contributed by atoms with Crippen LogP contribution in [0, 0.1) is 13.8 Å². The van der Waals surface area contributed by atoms with E-state index in [4.69, 9.17) is 10.7 Å². The second kappa shape index (κ2) is 5.65. The van der Waals surface area contributed by atoms with Gasteiger partial charge < -0.3 is 0 Å². The summed E-state index contributed by atoms with van der Waals surface area (Å²) in [5.41, 5.74) is 2.67. The molecule has 1 aromatic carbocycles. The molecule has 3 rings (SSSR count). The molecule has 0 bridgehead atoms. The highest BCUT2D eigenvalue weighted by Crippen LogP contribution is 2.29. The quantitative estimate of drug-likeness (QED) is 0.793. The second-order valence-corrected chi connectivity index (χ2v) is 8.61. The number of amides is 1. The molecule has 1 aliphatic rings. The zero-order chi connectivity index (χ0) is 16.8. The number of carbonyl (C=O) groups excluding carboxylic acids is 1. The first-order chi connectivity index (χ1) is 10.8. The molecule has 0 N–H and O–H groups in total. The fraction of sp³-hybridized carbons (Fsp3) is 0.333. The summed E-state index contributed by atoms with van der Waals surface area (Å²) in [4.78, 5) is 13.7. The van der Waals surface area contributed by atoms with Crippen LogP contribution >= 0.6 is 10.7 Å². The largest absolute Gasteiger partial charge is 0.295 e. The van der Waals surface area contributed by atoms with E-state index in [9.17, 15) is 13.2 Å². The van der Waals surface area contributed by atoms with Crippen LogP contribution in [0.1, 0.15) is 17.7 Å². The van der Waals surface area contributed by atoms with Crippen molar-refractivity contribution in [3.8, 4) is 5.69 Å². The lowest BCUT2D eigenvalue weighted by Crippen LogP contribution is -2.28. The average Bonchev–Trinajstić information content (AvgIpc) is 3.02. The fourth-order valence-corrected chi connectivity index (χ4v) is 3.67. The third-order valence-corrected chi connectivity index (χ3v) is 5.72. The Morgan fingerprint density at radius 1 is 1.22 bits per heavy atom. The Morgan fingerprint density at radius 3 is 2.43 bits per heavy atom. The Bertz CT molecular complexity index is 859. The maximum atomic E-state index is 12.2. The molecule has 1 fully saturated rings. The van der Waals surface area contributed by atoms with Gasteiger partial charge in [0.2, 0.25) is 15.0 Å². The van der Waals surface area contributed by atoms with Gasteiger partial charge in [0.05, 0.1) is 11.4 Å². The Morgan fingerprint density at radius 2 is 1.87 bits per heavy atom. The smallest absolute Gasteiger partial charge is 0.237 e. The Labute approximate surface area is 139 Å². The summed E-state index contributed by atoms with van der Waals surface area (Å²) in [5.74, 6) is 0.284. The molecule has 1 unspecified atom stereocenters. The van der Waals surface area contributed by atoms with Gasteiger partial charge in [-0.1, -0.05) is 17.7 Å². The molecule has 0 saturated carbocycles. The maximum absolute atomic E-state index is 12.2. The van der Waals surface area contributed by atoms with Crippen molar-refractivity contribution < 1.29 is 13.2 Å². The third kappa shape index (κ3) is 3.11. The van der Waals surface area contributed by atoms with Gasteiger partial charge in [-0.05, 0) is 26.0 Å². The lowest BCUT2D eigenvalue weighted by Gasteiger charge is -2.17. The standard InChI is InChI=1S/C15H16ClN3O3S/c1-10-3-5-12(6-4-10)19-14(7-11(2)17-19)18-9-13(8-15(18)20)23(16,21)22/h3-7,13H,8-9H2,1-2H3. The summed E-state index contributed by atoms with van der Waals surface area (Å²) in [6.45, 7) is 3.85. The van der Waals surface area contributed by atoms with Gasteiger partial charge in [0.15, 0.2) is 0 Å². The van der Waals surface area contributed by atoms with Gasteiger partial charge >= 0.3 is 0 Å². The summed E-state index contributed by atoms with van der Waals surface area (Å²) in [5, 5.41) is 3.53. The number of halogens is 1. The van der Waals surface area contributed by atoms with E-state index in [-0.39, 0.29) is 18.9 Å². The van der Waals surface area contributed by atoms with E-state index in [1.54, 1.807) is 10.7 Å². The highest BCUT2D eigenvalue weighted by atomic mass is 35.7. The van der Waals surface area contributed by atoms with Crippen LogP contribution in [-0.2, 0) is 13.8 Å². The highest BCUT2D eigenvalue weighted by Gasteiger charge is 2.39. The minimum absolute atomic E-state index is 0.0433. The molecule has 1 amide bonds. The lowest BCUT2D eigenvalue weighted by molar-refractivity contribution is -0.117. The molecular formula is C15H16ClN3O3S. The minimum atomic E-state index is -3.77. The number of anilines is 1. The molecule has 2 aromatic rings. The normalized spacial score (nSPS) is 18.7. The molecule has 6 nitrogen and oxygen atoms in total. The summed E-state index contributed by atoms with van der Waals surface area (Å²) in [7, 11) is 1.64. The zero-order valence-electron chi connectivity index (χ0n) is 12.7. The van der Waals surface area contributed by atoms with Crippen LogP contribution < -0.4 is 4.90 Å². The van der Waals surface area contributed by atoms with Gasteiger partial charge in [-0.15, -0.1) is 0 Å². The topological polar surface area (TPSA) is 72.3 Å². The number of hydrogen-bond acceptors (Lipinski definition) is 4. The van der Waals surface area contributed by atoms with Gasteiger partial charge in [0.25, 0.3) is 0 Å². The first-order valence-electron chi connectivity index (χ1n) is 7.13. The van der Waals surface area contributed by atoms with Crippen LogP contribution in [0.4, 0.5) is 5.82 Å². The first-order valence-corrected chi connectivity index (χ1v) is 9.50. The number of rotatable bonds is 3. The summed E-state index contributed by atoms with van der Waals surface area (Å²) < 4.78 is 24.7. The number of nitrogens with zero attached hydrogens (tertiary/aromatic N) is 3. The zero-order valence-corrected chi connectivity index (χ0v) is 14.3. The van der Waals surface area contributed by atoms with Crippen LogP contribution in [0.25, 0.3) is 5.69 Å². The number of aromatic nitrogens is 2. The maximum Gasteiger partial charge on any atom is 0.237 e. The van der Waals surface area contributed by atoms with Gasteiger partial charge in [0, 0.05) is 29.7 Å². The highest BCUT2D eigenvalue weighted by molar-refractivity contribution is 8.14. The van der Waals surface area contributed by atoms with E-state index in [1.807, 2.05) is 38.1 Å². The molecule has 1 aliphatic heterocycles. The second-order valence-electron chi connectivity index (χ2n) is 5.70. The van der Waals surface area contributed by atoms with E-state index in [1.165, 1.54) is 4.90 Å². The molecule has 2 heterocycles. The van der Waals surface area contributed by atoms with E-state index >= 15 is 0 Å².